The lowest BCUT2D eigenvalue weighted by Crippen LogP contribution is -2.12. The summed E-state index contributed by atoms with van der Waals surface area (Å²) < 4.78 is 0.896. The van der Waals surface area contributed by atoms with Crippen LogP contribution < -0.4 is 10.3 Å². The third kappa shape index (κ3) is 2.38. The Morgan fingerprint density at radius 2 is 2.05 bits per heavy atom. The number of carbonyl (C=O) groups excluding carboxylic acids is 1. The smallest absolute Gasteiger partial charge is 0.267 e. The average molecular weight is 324 g/mol. The number of rotatable bonds is 2. The van der Waals surface area contributed by atoms with Gasteiger partial charge in [0.2, 0.25) is 0 Å². The quantitative estimate of drug-likeness (QED) is 0.751. The minimum Gasteiger partial charge on any atom is -0.316 e. The summed E-state index contributed by atoms with van der Waals surface area (Å²) in [7, 11) is 0. The molecule has 0 bridgehead atoms. The fourth-order valence-corrected chi connectivity index (χ4v) is 3.73. The number of aromatic amines is 1. The standard InChI is InChI=1S/C14H8Cl2N2OS/c15-9-4-1-5-10-11(9)12(16)13(20-10)14(19)18-8-3-2-6-17-7-8/h1-7H,(H,18,19)/p+1. The van der Waals surface area contributed by atoms with Crippen LogP contribution in [0.15, 0.2) is 42.7 Å². The number of carbonyl (C=O) groups is 1. The maximum atomic E-state index is 12.3. The van der Waals surface area contributed by atoms with Gasteiger partial charge in [-0.1, -0.05) is 29.3 Å². The SMILES string of the molecule is O=C(Nc1ccc[nH+]c1)c1sc2cccc(Cl)c2c1Cl. The maximum absolute atomic E-state index is 12.3. The molecule has 0 unspecified atom stereocenters. The Morgan fingerprint density at radius 1 is 1.20 bits per heavy atom. The van der Waals surface area contributed by atoms with Crippen LogP contribution >= 0.6 is 34.5 Å². The topological polar surface area (TPSA) is 43.2 Å². The molecule has 3 nitrogen and oxygen atoms in total. The molecule has 0 aliphatic rings. The second-order valence-corrected chi connectivity index (χ2v) is 5.94. The Kier molecular flexibility index (Phi) is 3.61. The summed E-state index contributed by atoms with van der Waals surface area (Å²) in [6.07, 6.45) is 3.47. The highest BCUT2D eigenvalue weighted by atomic mass is 35.5. The van der Waals surface area contributed by atoms with E-state index in [1.807, 2.05) is 12.1 Å². The molecule has 0 spiro atoms. The molecule has 100 valence electrons. The average Bonchev–Trinajstić information content (AvgIpc) is 2.79. The van der Waals surface area contributed by atoms with Gasteiger partial charge in [-0.3, -0.25) is 4.79 Å². The summed E-state index contributed by atoms with van der Waals surface area (Å²) in [5, 5.41) is 4.47. The number of halogens is 2. The van der Waals surface area contributed by atoms with Crippen LogP contribution in [0.2, 0.25) is 10.0 Å². The van der Waals surface area contributed by atoms with Crippen LogP contribution in [0.4, 0.5) is 5.69 Å². The first kappa shape index (κ1) is 13.4. The molecule has 0 saturated carbocycles. The van der Waals surface area contributed by atoms with Crippen LogP contribution in [0, 0.1) is 0 Å². The van der Waals surface area contributed by atoms with Gasteiger partial charge < -0.3 is 5.32 Å². The van der Waals surface area contributed by atoms with Crippen LogP contribution in [0.1, 0.15) is 9.67 Å². The van der Waals surface area contributed by atoms with Gasteiger partial charge in [0, 0.05) is 16.2 Å². The third-order valence-electron chi connectivity index (χ3n) is 2.78. The lowest BCUT2D eigenvalue weighted by Gasteiger charge is -2.00. The van der Waals surface area contributed by atoms with Crippen molar-refractivity contribution in [3.05, 3.63) is 57.6 Å². The molecular weight excluding hydrogens is 315 g/mol. The Hall–Kier alpha value is -1.62. The van der Waals surface area contributed by atoms with Gasteiger partial charge in [-0.05, 0) is 18.2 Å². The van der Waals surface area contributed by atoms with E-state index in [0.717, 1.165) is 10.1 Å². The first-order valence-electron chi connectivity index (χ1n) is 5.81. The van der Waals surface area contributed by atoms with Crippen molar-refractivity contribution in [3.63, 3.8) is 0 Å². The summed E-state index contributed by atoms with van der Waals surface area (Å²) in [5.74, 6) is -0.244. The minimum absolute atomic E-state index is 0.244. The Morgan fingerprint density at radius 3 is 2.75 bits per heavy atom. The highest BCUT2D eigenvalue weighted by Crippen LogP contribution is 2.39. The van der Waals surface area contributed by atoms with Gasteiger partial charge in [0.1, 0.15) is 10.6 Å². The molecule has 0 saturated heterocycles. The number of hydrogen-bond donors (Lipinski definition) is 1. The van der Waals surface area contributed by atoms with E-state index in [1.54, 1.807) is 30.6 Å². The number of thiophene rings is 1. The Bertz CT molecular complexity index is 786. The van der Waals surface area contributed by atoms with E-state index in [9.17, 15) is 4.79 Å². The summed E-state index contributed by atoms with van der Waals surface area (Å²) in [4.78, 5) is 15.6. The predicted molar refractivity (Wildman–Crippen MR) is 82.8 cm³/mol. The first-order chi connectivity index (χ1) is 9.66. The lowest BCUT2D eigenvalue weighted by atomic mass is 10.2. The number of pyridine rings is 1. The van der Waals surface area contributed by atoms with Crippen LogP contribution in [-0.2, 0) is 0 Å². The van der Waals surface area contributed by atoms with Gasteiger partial charge in [-0.2, -0.15) is 0 Å². The van der Waals surface area contributed by atoms with Crippen molar-refractivity contribution < 1.29 is 9.78 Å². The van der Waals surface area contributed by atoms with Crippen molar-refractivity contribution in [3.8, 4) is 0 Å². The number of aromatic nitrogens is 1. The summed E-state index contributed by atoms with van der Waals surface area (Å²) in [5.41, 5.74) is 0.678. The van der Waals surface area contributed by atoms with Gasteiger partial charge in [0.15, 0.2) is 12.4 Å². The number of amides is 1. The normalized spacial score (nSPS) is 10.7. The van der Waals surface area contributed by atoms with E-state index < -0.39 is 0 Å². The molecule has 0 aliphatic heterocycles. The second-order valence-electron chi connectivity index (χ2n) is 4.10. The highest BCUT2D eigenvalue weighted by molar-refractivity contribution is 7.21. The van der Waals surface area contributed by atoms with Crippen molar-refractivity contribution in [1.82, 2.24) is 0 Å². The molecule has 0 aliphatic carbocycles. The second kappa shape index (κ2) is 5.40. The molecule has 1 aromatic carbocycles. The number of fused-ring (bicyclic) bond motifs is 1. The van der Waals surface area contributed by atoms with Crippen LogP contribution in [0.25, 0.3) is 10.1 Å². The molecule has 3 aromatic rings. The van der Waals surface area contributed by atoms with E-state index in [-0.39, 0.29) is 5.91 Å². The van der Waals surface area contributed by atoms with Gasteiger partial charge >= 0.3 is 0 Å². The fraction of sp³-hybridized carbons (Fsp3) is 0. The van der Waals surface area contributed by atoms with Crippen molar-refractivity contribution in [2.24, 2.45) is 0 Å². The molecule has 0 fully saturated rings. The molecular formula is C14H9Cl2N2OS+. The van der Waals surface area contributed by atoms with Gasteiger partial charge in [-0.15, -0.1) is 11.3 Å². The number of hydrogen-bond acceptors (Lipinski definition) is 2. The van der Waals surface area contributed by atoms with Crippen molar-refractivity contribution in [1.29, 1.82) is 0 Å². The highest BCUT2D eigenvalue weighted by Gasteiger charge is 2.19. The van der Waals surface area contributed by atoms with E-state index >= 15 is 0 Å². The molecule has 2 N–H and O–H groups in total. The van der Waals surface area contributed by atoms with Gasteiger partial charge in [0.25, 0.3) is 5.91 Å². The molecule has 6 heteroatoms. The molecule has 1 amide bonds. The summed E-state index contributed by atoms with van der Waals surface area (Å²) in [6.45, 7) is 0. The zero-order chi connectivity index (χ0) is 14.1. The zero-order valence-electron chi connectivity index (χ0n) is 10.1. The van der Waals surface area contributed by atoms with E-state index in [1.165, 1.54) is 11.3 Å². The van der Waals surface area contributed by atoms with Crippen LogP contribution in [-0.4, -0.2) is 5.91 Å². The van der Waals surface area contributed by atoms with E-state index in [4.69, 9.17) is 23.2 Å². The summed E-state index contributed by atoms with van der Waals surface area (Å²) in [6, 6.07) is 9.09. The lowest BCUT2D eigenvalue weighted by molar-refractivity contribution is -0.377. The zero-order valence-corrected chi connectivity index (χ0v) is 12.4. The monoisotopic (exact) mass is 323 g/mol. The molecule has 3 rings (SSSR count). The number of benzene rings is 1. The Labute approximate surface area is 129 Å². The largest absolute Gasteiger partial charge is 0.316 e. The van der Waals surface area contributed by atoms with Crippen molar-refractivity contribution in [2.75, 3.05) is 5.32 Å². The molecule has 0 atom stereocenters. The minimum atomic E-state index is -0.244. The molecule has 2 heterocycles. The van der Waals surface area contributed by atoms with Crippen LogP contribution in [0.5, 0.6) is 0 Å². The molecule has 0 radical (unpaired) electrons. The fourth-order valence-electron chi connectivity index (χ4n) is 1.88. The predicted octanol–water partition coefficient (Wildman–Crippen LogP) is 4.27. The van der Waals surface area contributed by atoms with Crippen molar-refractivity contribution in [2.45, 2.75) is 0 Å². The van der Waals surface area contributed by atoms with E-state index in [2.05, 4.69) is 10.3 Å². The number of H-pyrrole nitrogens is 1. The van der Waals surface area contributed by atoms with E-state index in [0.29, 0.717) is 20.6 Å². The third-order valence-corrected chi connectivity index (χ3v) is 4.74. The molecule has 20 heavy (non-hydrogen) atoms. The van der Waals surface area contributed by atoms with Crippen LogP contribution in [0.3, 0.4) is 0 Å². The number of nitrogens with one attached hydrogen (secondary N) is 2. The maximum Gasteiger partial charge on any atom is 0.267 e. The number of anilines is 1. The van der Waals surface area contributed by atoms with Gasteiger partial charge in [0.05, 0.1) is 10.0 Å². The Balaban J connectivity index is 2.00. The van der Waals surface area contributed by atoms with Gasteiger partial charge in [-0.25, -0.2) is 4.98 Å². The van der Waals surface area contributed by atoms with Crippen molar-refractivity contribution >= 4 is 56.2 Å². The first-order valence-corrected chi connectivity index (χ1v) is 7.38. The molecule has 2 aromatic heterocycles. The summed E-state index contributed by atoms with van der Waals surface area (Å²) >= 11 is 13.7.